The standard InChI is InChI=1S/C10H12N6.ClH/c1-16(7-5-3-2-4-6-7)15-8-9(11)13-14-10(8)12;/h2-6H,1H3,(H4,11,12,13,14,15);1H. The normalized spacial score (nSPS) is 13.6. The fraction of sp³-hybridized carbons (Fsp3) is 0.100. The average Bonchev–Trinajstić information content (AvgIpc) is 2.62. The Labute approximate surface area is 105 Å². The first kappa shape index (κ1) is 13.0. The largest absolute Gasteiger partial charge is 0.380 e. The van der Waals surface area contributed by atoms with Crippen molar-refractivity contribution in [2.45, 2.75) is 0 Å². The molecule has 0 radical (unpaired) electrons. The van der Waals surface area contributed by atoms with Crippen LogP contribution in [0.15, 0.2) is 45.6 Å². The van der Waals surface area contributed by atoms with Crippen LogP contribution in [0.3, 0.4) is 0 Å². The molecule has 4 N–H and O–H groups in total. The van der Waals surface area contributed by atoms with Gasteiger partial charge in [0.1, 0.15) is 0 Å². The van der Waals surface area contributed by atoms with Crippen LogP contribution < -0.4 is 16.5 Å². The number of nitrogens with zero attached hydrogens (tertiary/aromatic N) is 4. The highest BCUT2D eigenvalue weighted by molar-refractivity contribution is 6.68. The van der Waals surface area contributed by atoms with Crippen molar-refractivity contribution in [3.8, 4) is 0 Å². The summed E-state index contributed by atoms with van der Waals surface area (Å²) in [4.78, 5) is 0. The van der Waals surface area contributed by atoms with Crippen LogP contribution in [0.2, 0.25) is 0 Å². The molecule has 0 unspecified atom stereocenters. The smallest absolute Gasteiger partial charge is 0.177 e. The van der Waals surface area contributed by atoms with Gasteiger partial charge in [0.25, 0.3) is 0 Å². The maximum Gasteiger partial charge on any atom is 0.177 e. The third-order valence-corrected chi connectivity index (χ3v) is 2.13. The molecule has 2 rings (SSSR count). The lowest BCUT2D eigenvalue weighted by Crippen LogP contribution is -2.34. The molecule has 0 saturated carbocycles. The van der Waals surface area contributed by atoms with Crippen molar-refractivity contribution in [3.63, 3.8) is 0 Å². The van der Waals surface area contributed by atoms with Gasteiger partial charge in [-0.1, -0.05) is 18.2 Å². The summed E-state index contributed by atoms with van der Waals surface area (Å²) in [6, 6.07) is 9.65. The Morgan fingerprint density at radius 2 is 1.59 bits per heavy atom. The van der Waals surface area contributed by atoms with E-state index in [-0.39, 0.29) is 24.1 Å². The van der Waals surface area contributed by atoms with Crippen LogP contribution in [-0.4, -0.2) is 24.4 Å². The molecule has 90 valence electrons. The zero-order valence-electron chi connectivity index (χ0n) is 9.24. The number of nitrogens with two attached hydrogens (primary N) is 2. The molecular formula is C10H13ClN6. The lowest BCUT2D eigenvalue weighted by Gasteiger charge is -2.13. The van der Waals surface area contributed by atoms with Crippen LogP contribution in [0.4, 0.5) is 5.69 Å². The number of hydrogen-bond acceptors (Lipinski definition) is 6. The van der Waals surface area contributed by atoms with E-state index in [0.29, 0.717) is 5.71 Å². The number of rotatable bonds is 2. The van der Waals surface area contributed by atoms with Gasteiger partial charge in [-0.25, -0.2) is 0 Å². The van der Waals surface area contributed by atoms with Crippen molar-refractivity contribution >= 4 is 35.5 Å². The van der Waals surface area contributed by atoms with E-state index in [2.05, 4.69) is 15.3 Å². The van der Waals surface area contributed by atoms with Crippen molar-refractivity contribution in [2.75, 3.05) is 12.1 Å². The molecule has 1 aromatic carbocycles. The molecular weight excluding hydrogens is 240 g/mol. The van der Waals surface area contributed by atoms with Gasteiger partial charge in [0.15, 0.2) is 17.4 Å². The Kier molecular flexibility index (Phi) is 4.06. The summed E-state index contributed by atoms with van der Waals surface area (Å²) in [6.45, 7) is 0. The summed E-state index contributed by atoms with van der Waals surface area (Å²) >= 11 is 0. The zero-order valence-corrected chi connectivity index (χ0v) is 10.1. The predicted molar refractivity (Wildman–Crippen MR) is 72.8 cm³/mol. The van der Waals surface area contributed by atoms with E-state index in [4.69, 9.17) is 11.5 Å². The number of hydrazone groups is 1. The van der Waals surface area contributed by atoms with Gasteiger partial charge >= 0.3 is 0 Å². The van der Waals surface area contributed by atoms with Crippen molar-refractivity contribution in [3.05, 3.63) is 30.3 Å². The predicted octanol–water partition coefficient (Wildman–Crippen LogP) is 0.544. The van der Waals surface area contributed by atoms with E-state index < -0.39 is 0 Å². The molecule has 0 aliphatic carbocycles. The van der Waals surface area contributed by atoms with Gasteiger partial charge in [-0.2, -0.15) is 5.10 Å². The van der Waals surface area contributed by atoms with Crippen LogP contribution >= 0.6 is 12.4 Å². The van der Waals surface area contributed by atoms with Crippen molar-refractivity contribution in [2.24, 2.45) is 26.8 Å². The van der Waals surface area contributed by atoms with Gasteiger partial charge in [-0.05, 0) is 12.1 Å². The van der Waals surface area contributed by atoms with Crippen molar-refractivity contribution in [1.82, 2.24) is 0 Å². The Balaban J connectivity index is 0.00000144. The average molecular weight is 253 g/mol. The molecule has 7 heteroatoms. The number of hydrogen-bond donors (Lipinski definition) is 2. The van der Waals surface area contributed by atoms with Gasteiger partial charge < -0.3 is 11.5 Å². The van der Waals surface area contributed by atoms with Crippen LogP contribution in [0.1, 0.15) is 0 Å². The first-order valence-electron chi connectivity index (χ1n) is 4.73. The van der Waals surface area contributed by atoms with E-state index in [1.165, 1.54) is 0 Å². The van der Waals surface area contributed by atoms with Crippen LogP contribution in [0, 0.1) is 0 Å². The summed E-state index contributed by atoms with van der Waals surface area (Å²) in [5.74, 6) is 0.473. The lowest BCUT2D eigenvalue weighted by atomic mass is 10.3. The second-order valence-corrected chi connectivity index (χ2v) is 3.28. The molecule has 1 aliphatic rings. The second kappa shape index (κ2) is 5.31. The van der Waals surface area contributed by atoms with Crippen molar-refractivity contribution in [1.29, 1.82) is 0 Å². The maximum absolute atomic E-state index is 5.59. The molecule has 0 fully saturated rings. The van der Waals surface area contributed by atoms with E-state index in [9.17, 15) is 0 Å². The van der Waals surface area contributed by atoms with Gasteiger partial charge in [0.2, 0.25) is 0 Å². The van der Waals surface area contributed by atoms with Gasteiger partial charge in [-0.3, -0.25) is 5.01 Å². The lowest BCUT2D eigenvalue weighted by molar-refractivity contribution is 1.02. The van der Waals surface area contributed by atoms with Crippen molar-refractivity contribution < 1.29 is 0 Å². The molecule has 0 spiro atoms. The SMILES string of the molecule is CN(N=C1C(N)=NN=C1N)c1ccccc1.Cl. The molecule has 1 aromatic rings. The van der Waals surface area contributed by atoms with E-state index in [0.717, 1.165) is 5.69 Å². The first-order valence-corrected chi connectivity index (χ1v) is 4.73. The van der Waals surface area contributed by atoms with Crippen LogP contribution in [-0.2, 0) is 0 Å². The molecule has 0 saturated heterocycles. The fourth-order valence-electron chi connectivity index (χ4n) is 1.29. The summed E-state index contributed by atoms with van der Waals surface area (Å²) < 4.78 is 0. The van der Waals surface area contributed by atoms with E-state index in [1.807, 2.05) is 30.3 Å². The van der Waals surface area contributed by atoms with Crippen LogP contribution in [0.25, 0.3) is 0 Å². The molecule has 6 nitrogen and oxygen atoms in total. The monoisotopic (exact) mass is 252 g/mol. The van der Waals surface area contributed by atoms with E-state index in [1.54, 1.807) is 12.1 Å². The highest BCUT2D eigenvalue weighted by atomic mass is 35.5. The number of benzene rings is 1. The Bertz CT molecular complexity index is 459. The number of para-hydroxylation sites is 1. The number of amidine groups is 2. The third kappa shape index (κ3) is 2.73. The molecule has 0 bridgehead atoms. The third-order valence-electron chi connectivity index (χ3n) is 2.13. The first-order chi connectivity index (χ1) is 7.68. The maximum atomic E-state index is 5.59. The van der Waals surface area contributed by atoms with E-state index >= 15 is 0 Å². The number of halogens is 1. The van der Waals surface area contributed by atoms with Gasteiger partial charge in [0, 0.05) is 7.05 Å². The summed E-state index contributed by atoms with van der Waals surface area (Å²) in [7, 11) is 1.81. The Hall–Kier alpha value is -2.08. The summed E-state index contributed by atoms with van der Waals surface area (Å²) in [5.41, 5.74) is 12.5. The molecule has 0 aromatic heterocycles. The topological polar surface area (TPSA) is 92.4 Å². The van der Waals surface area contributed by atoms with Crippen LogP contribution in [0.5, 0.6) is 0 Å². The molecule has 1 heterocycles. The Morgan fingerprint density at radius 3 is 2.12 bits per heavy atom. The fourth-order valence-corrected chi connectivity index (χ4v) is 1.29. The minimum absolute atomic E-state index is 0. The highest BCUT2D eigenvalue weighted by Gasteiger charge is 2.17. The van der Waals surface area contributed by atoms with Gasteiger partial charge in [-0.15, -0.1) is 22.6 Å². The molecule has 0 atom stereocenters. The molecule has 0 amide bonds. The quantitative estimate of drug-likeness (QED) is 0.753. The second-order valence-electron chi connectivity index (χ2n) is 3.28. The molecule has 1 aliphatic heterocycles. The summed E-state index contributed by atoms with van der Waals surface area (Å²) in [5, 5.41) is 13.2. The summed E-state index contributed by atoms with van der Waals surface area (Å²) in [6.07, 6.45) is 0. The Morgan fingerprint density at radius 1 is 1.06 bits per heavy atom. The molecule has 17 heavy (non-hydrogen) atoms. The minimum atomic E-state index is 0. The minimum Gasteiger partial charge on any atom is -0.380 e. The highest BCUT2D eigenvalue weighted by Crippen LogP contribution is 2.11. The van der Waals surface area contributed by atoms with Gasteiger partial charge in [0.05, 0.1) is 5.69 Å². The zero-order chi connectivity index (χ0) is 11.5. The number of anilines is 1.